The summed E-state index contributed by atoms with van der Waals surface area (Å²) in [5.41, 5.74) is 9.93. The SMILES string of the molecule is CN(C)N(Cl)P(N)(N)=O. The van der Waals surface area contributed by atoms with E-state index in [1.165, 1.54) is 5.01 Å². The van der Waals surface area contributed by atoms with Gasteiger partial charge in [-0.05, 0) is 0 Å². The van der Waals surface area contributed by atoms with E-state index in [9.17, 15) is 4.57 Å². The molecule has 4 N–H and O–H groups in total. The van der Waals surface area contributed by atoms with Gasteiger partial charge in [-0.1, -0.05) is 4.30 Å². The second-order valence-electron chi connectivity index (χ2n) is 1.76. The van der Waals surface area contributed by atoms with Gasteiger partial charge in [-0.2, -0.15) is 0 Å². The lowest BCUT2D eigenvalue weighted by Crippen LogP contribution is -2.31. The van der Waals surface area contributed by atoms with Gasteiger partial charge < -0.3 is 0 Å². The number of hydrazine groups is 1. The third kappa shape index (κ3) is 3.15. The van der Waals surface area contributed by atoms with E-state index >= 15 is 0 Å². The van der Waals surface area contributed by atoms with E-state index in [1.807, 2.05) is 0 Å². The standard InChI is InChI=1S/C2H10ClN4OP/c1-6(2)7(3)9(4,5)8/h1-2H3,(H4,4,5,8). The second kappa shape index (κ2) is 2.96. The van der Waals surface area contributed by atoms with E-state index < -0.39 is 7.59 Å². The Bertz CT molecular complexity index is 133. The lowest BCUT2D eigenvalue weighted by atomic mass is 11.2. The highest BCUT2D eigenvalue weighted by Gasteiger charge is 2.20. The van der Waals surface area contributed by atoms with Gasteiger partial charge in [0.2, 0.25) is 0 Å². The molecule has 0 aliphatic carbocycles. The Hall–Kier alpha value is 0.360. The monoisotopic (exact) mass is 172 g/mol. The number of rotatable bonds is 2. The van der Waals surface area contributed by atoms with Crippen molar-refractivity contribution in [1.29, 1.82) is 0 Å². The molecule has 0 fully saturated rings. The van der Waals surface area contributed by atoms with Crippen LogP contribution in [0.2, 0.25) is 0 Å². The lowest BCUT2D eigenvalue weighted by Gasteiger charge is -2.22. The van der Waals surface area contributed by atoms with Crippen molar-refractivity contribution in [3.8, 4) is 0 Å². The van der Waals surface area contributed by atoms with E-state index in [0.29, 0.717) is 0 Å². The zero-order valence-electron chi connectivity index (χ0n) is 5.28. The molecule has 0 heterocycles. The van der Waals surface area contributed by atoms with Crippen molar-refractivity contribution >= 4 is 19.4 Å². The van der Waals surface area contributed by atoms with E-state index in [-0.39, 0.29) is 0 Å². The molecule has 0 aromatic rings. The van der Waals surface area contributed by atoms with Crippen molar-refractivity contribution in [3.05, 3.63) is 0 Å². The predicted molar refractivity (Wildman–Crippen MR) is 37.4 cm³/mol. The normalized spacial score (nSPS) is 13.2. The predicted octanol–water partition coefficient (Wildman–Crippen LogP) is -0.0557. The van der Waals surface area contributed by atoms with E-state index in [4.69, 9.17) is 22.8 Å². The van der Waals surface area contributed by atoms with E-state index in [2.05, 4.69) is 0 Å². The smallest absolute Gasteiger partial charge is 0.269 e. The molecule has 0 aromatic heterocycles. The van der Waals surface area contributed by atoms with Gasteiger partial charge in [-0.15, -0.1) is 0 Å². The van der Waals surface area contributed by atoms with Crippen LogP contribution in [0.25, 0.3) is 0 Å². The van der Waals surface area contributed by atoms with Crippen molar-refractivity contribution in [2.24, 2.45) is 11.0 Å². The molecule has 5 nitrogen and oxygen atoms in total. The van der Waals surface area contributed by atoms with Gasteiger partial charge in [0.1, 0.15) is 0 Å². The van der Waals surface area contributed by atoms with Gasteiger partial charge in [-0.25, -0.2) is 5.01 Å². The van der Waals surface area contributed by atoms with Crippen LogP contribution in [0.1, 0.15) is 0 Å². The highest BCUT2D eigenvalue weighted by Crippen LogP contribution is 2.33. The van der Waals surface area contributed by atoms with Gasteiger partial charge >= 0.3 is 7.59 Å². The first kappa shape index (κ1) is 9.36. The maximum absolute atomic E-state index is 10.7. The molecule has 56 valence electrons. The summed E-state index contributed by atoms with van der Waals surface area (Å²) in [6.07, 6.45) is 0. The number of nitrogens with zero attached hydrogens (tertiary/aromatic N) is 2. The third-order valence-electron chi connectivity index (χ3n) is 0.588. The number of hydrogen-bond acceptors (Lipinski definition) is 2. The van der Waals surface area contributed by atoms with Gasteiger partial charge in [-0.3, -0.25) is 15.6 Å². The fourth-order valence-corrected chi connectivity index (χ4v) is 0.839. The van der Waals surface area contributed by atoms with Crippen LogP contribution < -0.4 is 11.0 Å². The highest BCUT2D eigenvalue weighted by atomic mass is 35.5. The molecule has 0 aliphatic heterocycles. The van der Waals surface area contributed by atoms with Crippen molar-refractivity contribution < 1.29 is 4.57 Å². The highest BCUT2D eigenvalue weighted by molar-refractivity contribution is 7.57. The molecule has 7 heteroatoms. The summed E-state index contributed by atoms with van der Waals surface area (Å²) in [5.74, 6) is 0. The largest absolute Gasteiger partial charge is 0.304 e. The van der Waals surface area contributed by atoms with E-state index in [1.54, 1.807) is 14.1 Å². The molecule has 0 aliphatic rings. The first-order valence-electron chi connectivity index (χ1n) is 2.16. The minimum atomic E-state index is -3.29. The Morgan fingerprint density at radius 3 is 1.78 bits per heavy atom. The van der Waals surface area contributed by atoms with Crippen LogP contribution in [0.15, 0.2) is 0 Å². The van der Waals surface area contributed by atoms with Gasteiger partial charge in [0.15, 0.2) is 0 Å². The average Bonchev–Trinajstić information content (AvgIpc) is 1.62. The van der Waals surface area contributed by atoms with Crippen molar-refractivity contribution in [3.63, 3.8) is 0 Å². The Balaban J connectivity index is 4.05. The minimum Gasteiger partial charge on any atom is -0.269 e. The molecule has 0 bridgehead atoms. The molecule has 0 atom stereocenters. The summed E-state index contributed by atoms with van der Waals surface area (Å²) in [6, 6.07) is 0. The van der Waals surface area contributed by atoms with Gasteiger partial charge in [0.25, 0.3) is 0 Å². The first-order valence-corrected chi connectivity index (χ1v) is 4.30. The third-order valence-corrected chi connectivity index (χ3v) is 2.47. The topological polar surface area (TPSA) is 75.6 Å². The Kier molecular flexibility index (Phi) is 3.08. The maximum Gasteiger partial charge on any atom is 0.304 e. The average molecular weight is 173 g/mol. The summed E-state index contributed by atoms with van der Waals surface area (Å²) in [7, 11) is -0.123. The van der Waals surface area contributed by atoms with Crippen LogP contribution in [0.4, 0.5) is 0 Å². The number of halogens is 1. The quantitative estimate of drug-likeness (QED) is 0.347. The zero-order chi connectivity index (χ0) is 7.65. The molecule has 0 radical (unpaired) electrons. The van der Waals surface area contributed by atoms with Crippen molar-refractivity contribution in [1.82, 2.24) is 9.31 Å². The Labute approximate surface area is 59.1 Å². The summed E-state index contributed by atoms with van der Waals surface area (Å²) in [6.45, 7) is 0. The van der Waals surface area contributed by atoms with Crippen LogP contribution in [0.5, 0.6) is 0 Å². The summed E-state index contributed by atoms with van der Waals surface area (Å²) in [4.78, 5) is 0. The maximum atomic E-state index is 10.7. The van der Waals surface area contributed by atoms with Crippen LogP contribution >= 0.6 is 19.4 Å². The molecule has 0 amide bonds. The zero-order valence-corrected chi connectivity index (χ0v) is 6.93. The molecular weight excluding hydrogens is 162 g/mol. The summed E-state index contributed by atoms with van der Waals surface area (Å²) < 4.78 is 11.4. The molecule has 0 aromatic carbocycles. The van der Waals surface area contributed by atoms with Crippen LogP contribution in [-0.4, -0.2) is 23.4 Å². The van der Waals surface area contributed by atoms with Gasteiger partial charge in [0.05, 0.1) is 0 Å². The molecule has 0 unspecified atom stereocenters. The summed E-state index contributed by atoms with van der Waals surface area (Å²) >= 11 is 5.34. The van der Waals surface area contributed by atoms with Crippen molar-refractivity contribution in [2.45, 2.75) is 0 Å². The Morgan fingerprint density at radius 1 is 1.44 bits per heavy atom. The van der Waals surface area contributed by atoms with Gasteiger partial charge in [0, 0.05) is 25.9 Å². The molecule has 9 heavy (non-hydrogen) atoms. The minimum absolute atomic E-state index is 0.771. The van der Waals surface area contributed by atoms with Crippen LogP contribution in [-0.2, 0) is 4.57 Å². The Morgan fingerprint density at radius 2 is 1.78 bits per heavy atom. The fraction of sp³-hybridized carbons (Fsp3) is 1.00. The molecule has 0 saturated heterocycles. The van der Waals surface area contributed by atoms with Crippen LogP contribution in [0, 0.1) is 0 Å². The second-order valence-corrected chi connectivity index (χ2v) is 4.04. The summed E-state index contributed by atoms with van der Waals surface area (Å²) in [5, 5.41) is 1.34. The lowest BCUT2D eigenvalue weighted by molar-refractivity contribution is 0.228. The van der Waals surface area contributed by atoms with Crippen LogP contribution in [0.3, 0.4) is 0 Å². The fourth-order valence-electron chi connectivity index (χ4n) is 0.280. The molecular formula is C2H10ClN4OP. The number of hydrogen-bond donors (Lipinski definition) is 2. The molecule has 0 rings (SSSR count). The molecule has 0 saturated carbocycles. The number of nitrogens with two attached hydrogens (primary N) is 2. The van der Waals surface area contributed by atoms with Crippen molar-refractivity contribution in [2.75, 3.05) is 14.1 Å². The first-order chi connectivity index (χ1) is 3.85. The molecule has 0 spiro atoms. The van der Waals surface area contributed by atoms with E-state index in [0.717, 1.165) is 4.30 Å².